The molecule has 0 atom stereocenters. The Hall–Kier alpha value is -3.27. The molecule has 0 spiro atoms. The van der Waals surface area contributed by atoms with Crippen molar-refractivity contribution >= 4 is 29.9 Å². The molecule has 0 saturated carbocycles. The van der Waals surface area contributed by atoms with E-state index in [1.165, 1.54) is 11.1 Å². The summed E-state index contributed by atoms with van der Waals surface area (Å²) in [7, 11) is 1.77. The molecular weight excluding hydrogens is 539 g/mol. The Kier molecular flexibility index (Phi) is 10.0. The Balaban J connectivity index is 0.00000324. The third-order valence-corrected chi connectivity index (χ3v) is 5.35. The topological polar surface area (TPSA) is 88.2 Å². The molecule has 0 bridgehead atoms. The second-order valence-electron chi connectivity index (χ2n) is 7.57. The highest BCUT2D eigenvalue weighted by molar-refractivity contribution is 14.0. The van der Waals surface area contributed by atoms with Gasteiger partial charge in [-0.2, -0.15) is 4.98 Å². The lowest BCUT2D eigenvalue weighted by molar-refractivity contribution is 0.421. The van der Waals surface area contributed by atoms with E-state index in [-0.39, 0.29) is 24.0 Å². The number of halogens is 1. The molecule has 176 valence electrons. The van der Waals surface area contributed by atoms with Crippen LogP contribution in [0.2, 0.25) is 0 Å². The highest BCUT2D eigenvalue weighted by atomic mass is 127. The Morgan fingerprint density at radius 3 is 2.15 bits per heavy atom. The normalized spacial score (nSPS) is 11.2. The molecule has 34 heavy (non-hydrogen) atoms. The van der Waals surface area contributed by atoms with Crippen LogP contribution >= 0.6 is 24.0 Å². The number of benzene rings is 2. The third-order valence-electron chi connectivity index (χ3n) is 5.35. The average Bonchev–Trinajstić information content (AvgIpc) is 3.36. The second kappa shape index (κ2) is 13.4. The maximum Gasteiger partial charge on any atom is 0.276 e. The zero-order chi connectivity index (χ0) is 22.7. The summed E-state index contributed by atoms with van der Waals surface area (Å²) in [6.07, 6.45) is 3.28. The molecule has 8 heteroatoms. The summed E-state index contributed by atoms with van der Waals surface area (Å²) in [6.45, 7) is 1.43. The van der Waals surface area contributed by atoms with Gasteiger partial charge < -0.3 is 15.2 Å². The molecule has 4 rings (SSSR count). The number of pyridine rings is 1. The lowest BCUT2D eigenvalue weighted by atomic mass is 9.88. The largest absolute Gasteiger partial charge is 0.356 e. The highest BCUT2D eigenvalue weighted by Gasteiger charge is 2.14. The molecule has 2 aromatic carbocycles. The van der Waals surface area contributed by atoms with Gasteiger partial charge in [-0.15, -0.1) is 24.0 Å². The van der Waals surface area contributed by atoms with E-state index in [1.54, 1.807) is 13.2 Å². The van der Waals surface area contributed by atoms with Crippen molar-refractivity contribution in [2.45, 2.75) is 18.8 Å². The summed E-state index contributed by atoms with van der Waals surface area (Å²) in [6, 6.07) is 26.8. The van der Waals surface area contributed by atoms with Gasteiger partial charge in [-0.1, -0.05) is 71.9 Å². The number of nitrogens with one attached hydrogen (secondary N) is 2. The van der Waals surface area contributed by atoms with Crippen LogP contribution in [0.15, 0.2) is 94.6 Å². The van der Waals surface area contributed by atoms with Crippen LogP contribution in [0.25, 0.3) is 11.6 Å². The number of rotatable bonds is 9. The summed E-state index contributed by atoms with van der Waals surface area (Å²) in [4.78, 5) is 13.0. The minimum Gasteiger partial charge on any atom is -0.356 e. The van der Waals surface area contributed by atoms with Gasteiger partial charge >= 0.3 is 0 Å². The Morgan fingerprint density at radius 1 is 0.882 bits per heavy atom. The fraction of sp³-hybridized carbons (Fsp3) is 0.231. The molecular formula is C26H29IN6O. The van der Waals surface area contributed by atoms with Gasteiger partial charge in [0.25, 0.3) is 5.89 Å². The molecule has 2 N–H and O–H groups in total. The van der Waals surface area contributed by atoms with E-state index in [0.29, 0.717) is 36.3 Å². The number of aliphatic imine (C=N–C) groups is 1. The average molecular weight is 568 g/mol. The zero-order valence-electron chi connectivity index (χ0n) is 19.1. The van der Waals surface area contributed by atoms with E-state index in [4.69, 9.17) is 4.52 Å². The Bertz CT molecular complexity index is 1100. The lowest BCUT2D eigenvalue weighted by Crippen LogP contribution is -2.39. The van der Waals surface area contributed by atoms with Gasteiger partial charge in [0.15, 0.2) is 11.8 Å². The summed E-state index contributed by atoms with van der Waals surface area (Å²) < 4.78 is 5.31. The summed E-state index contributed by atoms with van der Waals surface area (Å²) in [5.41, 5.74) is 3.30. The minimum atomic E-state index is 0. The predicted molar refractivity (Wildman–Crippen MR) is 145 cm³/mol. The van der Waals surface area contributed by atoms with E-state index in [0.717, 1.165) is 18.9 Å². The van der Waals surface area contributed by atoms with Gasteiger partial charge in [0.2, 0.25) is 0 Å². The minimum absolute atomic E-state index is 0. The first-order chi connectivity index (χ1) is 16.3. The summed E-state index contributed by atoms with van der Waals surface area (Å²) >= 11 is 0. The van der Waals surface area contributed by atoms with Crippen LogP contribution in [0.1, 0.15) is 29.3 Å². The smallest absolute Gasteiger partial charge is 0.276 e. The summed E-state index contributed by atoms with van der Waals surface area (Å²) in [5.74, 6) is 2.14. The number of aromatic nitrogens is 3. The molecule has 7 nitrogen and oxygen atoms in total. The number of guanidine groups is 1. The molecule has 0 aliphatic rings. The molecule has 0 aliphatic heterocycles. The molecule has 0 saturated heterocycles. The van der Waals surface area contributed by atoms with Gasteiger partial charge in [-0.25, -0.2) is 0 Å². The van der Waals surface area contributed by atoms with Crippen LogP contribution in [0, 0.1) is 0 Å². The SMILES string of the molecule is CN=C(NCCc1noc(-c2ccccn2)n1)NCCC(c1ccccc1)c1ccccc1.I. The Morgan fingerprint density at radius 2 is 1.53 bits per heavy atom. The van der Waals surface area contributed by atoms with Crippen LogP contribution < -0.4 is 10.6 Å². The van der Waals surface area contributed by atoms with Crippen LogP contribution in [0.3, 0.4) is 0 Å². The van der Waals surface area contributed by atoms with Crippen molar-refractivity contribution in [1.82, 2.24) is 25.8 Å². The number of hydrogen-bond donors (Lipinski definition) is 2. The fourth-order valence-corrected chi connectivity index (χ4v) is 3.69. The van der Waals surface area contributed by atoms with E-state index in [9.17, 15) is 0 Å². The maximum absolute atomic E-state index is 5.31. The second-order valence-corrected chi connectivity index (χ2v) is 7.57. The number of hydrogen-bond acceptors (Lipinski definition) is 5. The first-order valence-electron chi connectivity index (χ1n) is 11.1. The quantitative estimate of drug-likeness (QED) is 0.173. The molecule has 0 radical (unpaired) electrons. The summed E-state index contributed by atoms with van der Waals surface area (Å²) in [5, 5.41) is 10.8. The van der Waals surface area contributed by atoms with Gasteiger partial charge in [-0.3, -0.25) is 9.98 Å². The van der Waals surface area contributed by atoms with Crippen LogP contribution in [-0.2, 0) is 6.42 Å². The first kappa shape index (κ1) is 25.4. The zero-order valence-corrected chi connectivity index (χ0v) is 21.4. The predicted octanol–water partition coefficient (Wildman–Crippen LogP) is 4.68. The standard InChI is InChI=1S/C26H28N6O.HI/c1-27-26(30-19-16-24-31-25(33-32-24)23-14-8-9-17-28-23)29-18-15-22(20-10-4-2-5-11-20)21-12-6-3-7-13-21;/h2-14,17,22H,15-16,18-19H2,1H3,(H2,27,29,30);1H. The van der Waals surface area contributed by atoms with Crippen molar-refractivity contribution < 1.29 is 4.52 Å². The molecule has 0 amide bonds. The molecule has 4 aromatic rings. The van der Waals surface area contributed by atoms with Crippen molar-refractivity contribution in [1.29, 1.82) is 0 Å². The van der Waals surface area contributed by atoms with Crippen LogP contribution in [0.5, 0.6) is 0 Å². The fourth-order valence-electron chi connectivity index (χ4n) is 3.69. The molecule has 0 fully saturated rings. The lowest BCUT2D eigenvalue weighted by Gasteiger charge is -2.19. The first-order valence-corrected chi connectivity index (χ1v) is 11.1. The third kappa shape index (κ3) is 7.11. The van der Waals surface area contributed by atoms with Crippen LogP contribution in [0.4, 0.5) is 0 Å². The Labute approximate surface area is 217 Å². The highest BCUT2D eigenvalue weighted by Crippen LogP contribution is 2.27. The van der Waals surface area contributed by atoms with E-state index in [2.05, 4.69) is 91.4 Å². The van der Waals surface area contributed by atoms with Gasteiger partial charge in [0.05, 0.1) is 0 Å². The number of nitrogens with zero attached hydrogens (tertiary/aromatic N) is 4. The van der Waals surface area contributed by atoms with Crippen molar-refractivity contribution in [3.05, 3.63) is 102 Å². The van der Waals surface area contributed by atoms with Crippen molar-refractivity contribution in [3.8, 4) is 11.6 Å². The monoisotopic (exact) mass is 568 g/mol. The van der Waals surface area contributed by atoms with Crippen molar-refractivity contribution in [2.24, 2.45) is 4.99 Å². The van der Waals surface area contributed by atoms with E-state index in [1.807, 2.05) is 18.2 Å². The van der Waals surface area contributed by atoms with Gasteiger partial charge in [0, 0.05) is 38.7 Å². The van der Waals surface area contributed by atoms with Gasteiger partial charge in [-0.05, 0) is 29.7 Å². The molecule has 2 heterocycles. The maximum atomic E-state index is 5.31. The van der Waals surface area contributed by atoms with Crippen LogP contribution in [-0.4, -0.2) is 41.2 Å². The van der Waals surface area contributed by atoms with Crippen molar-refractivity contribution in [2.75, 3.05) is 20.1 Å². The molecule has 0 unspecified atom stereocenters. The van der Waals surface area contributed by atoms with Gasteiger partial charge in [0.1, 0.15) is 5.69 Å². The van der Waals surface area contributed by atoms with E-state index >= 15 is 0 Å². The molecule has 2 aromatic heterocycles. The van der Waals surface area contributed by atoms with Crippen molar-refractivity contribution in [3.63, 3.8) is 0 Å². The van der Waals surface area contributed by atoms with E-state index < -0.39 is 0 Å². The molecule has 0 aliphatic carbocycles.